The summed E-state index contributed by atoms with van der Waals surface area (Å²) in [7, 11) is 1.62. The minimum absolute atomic E-state index is 0.0853. The molecular weight excluding hydrogens is 466 g/mol. The predicted molar refractivity (Wildman–Crippen MR) is 135 cm³/mol. The van der Waals surface area contributed by atoms with E-state index in [4.69, 9.17) is 9.15 Å². The van der Waals surface area contributed by atoms with Crippen molar-refractivity contribution >= 4 is 28.6 Å². The third-order valence-electron chi connectivity index (χ3n) is 6.82. The highest BCUT2D eigenvalue weighted by molar-refractivity contribution is 7.99. The first-order valence-corrected chi connectivity index (χ1v) is 13.1. The average Bonchev–Trinajstić information content (AvgIpc) is 3.38. The van der Waals surface area contributed by atoms with Gasteiger partial charge in [-0.15, -0.1) is 0 Å². The lowest BCUT2D eigenvalue weighted by Gasteiger charge is -2.38. The molecule has 8 nitrogen and oxygen atoms in total. The summed E-state index contributed by atoms with van der Waals surface area (Å²) in [5, 5.41) is 22.1. The maximum Gasteiger partial charge on any atom is 0.303 e. The number of aliphatic carboxylic acids is 1. The summed E-state index contributed by atoms with van der Waals surface area (Å²) < 4.78 is 10.6. The van der Waals surface area contributed by atoms with Crippen LogP contribution in [0, 0.1) is 11.8 Å². The van der Waals surface area contributed by atoms with Crippen LogP contribution in [0.25, 0.3) is 10.9 Å². The first-order valence-electron chi connectivity index (χ1n) is 12.1. The lowest BCUT2D eigenvalue weighted by molar-refractivity contribution is -0.139. The number of hydrogen-bond donors (Lipinski definition) is 2. The van der Waals surface area contributed by atoms with E-state index in [-0.39, 0.29) is 18.3 Å². The van der Waals surface area contributed by atoms with E-state index in [0.29, 0.717) is 11.6 Å². The van der Waals surface area contributed by atoms with Gasteiger partial charge in [0.15, 0.2) is 0 Å². The van der Waals surface area contributed by atoms with Crippen molar-refractivity contribution in [2.75, 3.05) is 32.5 Å². The Labute approximate surface area is 209 Å². The quantitative estimate of drug-likeness (QED) is 0.272. The number of oxazole rings is 1. The molecule has 4 rings (SSSR count). The van der Waals surface area contributed by atoms with Crippen LogP contribution in [0.2, 0.25) is 0 Å². The van der Waals surface area contributed by atoms with Gasteiger partial charge in [-0.1, -0.05) is 11.8 Å². The molecule has 2 aromatic heterocycles. The van der Waals surface area contributed by atoms with Crippen LogP contribution >= 0.6 is 11.8 Å². The number of carboxylic acids is 1. The van der Waals surface area contributed by atoms with Gasteiger partial charge >= 0.3 is 5.97 Å². The maximum atomic E-state index is 11.6. The van der Waals surface area contributed by atoms with Crippen LogP contribution in [0.3, 0.4) is 0 Å². The molecule has 1 aliphatic heterocycles. The molecule has 0 aliphatic carbocycles. The highest BCUT2D eigenvalue weighted by Gasteiger charge is 2.31. The standard InChI is InChI=1S/C26H33N3O5S/c1-33-20-4-5-23-22(16-20)21(7-9-27-23)24(30)6-3-18-8-12-29(17-19(18)15-25(31)32)11-2-14-35-26-28-10-13-34-26/h4-5,7,9-10,13,16,18-19,24,30H,2-3,6,8,11-12,14-15,17H2,1H3,(H,31,32)/t18-,19+,24+/m1/s1. The zero-order chi connectivity index (χ0) is 24.6. The molecule has 9 heteroatoms. The Morgan fingerprint density at radius 1 is 1.29 bits per heavy atom. The maximum absolute atomic E-state index is 11.6. The molecule has 3 heterocycles. The van der Waals surface area contributed by atoms with Crippen molar-refractivity contribution in [3.8, 4) is 5.75 Å². The molecule has 0 bridgehead atoms. The van der Waals surface area contributed by atoms with Crippen molar-refractivity contribution in [1.82, 2.24) is 14.9 Å². The van der Waals surface area contributed by atoms with E-state index in [1.54, 1.807) is 37.5 Å². The van der Waals surface area contributed by atoms with Gasteiger partial charge in [-0.25, -0.2) is 4.98 Å². The number of carbonyl (C=O) groups is 1. The summed E-state index contributed by atoms with van der Waals surface area (Å²) in [5.74, 6) is 1.25. The van der Waals surface area contributed by atoms with Crippen LogP contribution in [0.5, 0.6) is 5.75 Å². The van der Waals surface area contributed by atoms with Gasteiger partial charge in [0.2, 0.25) is 0 Å². The Morgan fingerprint density at radius 2 is 2.17 bits per heavy atom. The van der Waals surface area contributed by atoms with Gasteiger partial charge in [0.05, 0.1) is 24.9 Å². The number of thioether (sulfide) groups is 1. The molecule has 0 spiro atoms. The van der Waals surface area contributed by atoms with E-state index in [1.165, 1.54) is 0 Å². The summed E-state index contributed by atoms with van der Waals surface area (Å²) in [6.07, 6.45) is 7.80. The average molecular weight is 500 g/mol. The molecule has 35 heavy (non-hydrogen) atoms. The minimum atomic E-state index is -0.755. The van der Waals surface area contributed by atoms with Crippen LogP contribution in [0.15, 0.2) is 52.6 Å². The number of ether oxygens (including phenoxy) is 1. The summed E-state index contributed by atoms with van der Waals surface area (Å²) in [4.78, 5) is 22.5. The SMILES string of the molecule is COc1ccc2nccc([C@@H](O)CC[C@@H]3CCN(CCCSc4ncco4)C[C@@H]3CC(=O)O)c2c1. The van der Waals surface area contributed by atoms with E-state index < -0.39 is 12.1 Å². The summed E-state index contributed by atoms with van der Waals surface area (Å²) in [6, 6.07) is 7.53. The Bertz CT molecular complexity index is 1090. The first-order chi connectivity index (χ1) is 17.0. The first kappa shape index (κ1) is 25.5. The van der Waals surface area contributed by atoms with E-state index in [0.717, 1.165) is 66.9 Å². The second kappa shape index (κ2) is 12.4. The smallest absolute Gasteiger partial charge is 0.303 e. The van der Waals surface area contributed by atoms with Crippen LogP contribution in [-0.2, 0) is 4.79 Å². The number of piperidine rings is 1. The van der Waals surface area contributed by atoms with Crippen molar-refractivity contribution in [1.29, 1.82) is 0 Å². The summed E-state index contributed by atoms with van der Waals surface area (Å²) in [6.45, 7) is 2.67. The molecule has 188 valence electrons. The largest absolute Gasteiger partial charge is 0.497 e. The molecule has 0 unspecified atom stereocenters. The van der Waals surface area contributed by atoms with Crippen molar-refractivity contribution in [3.05, 3.63) is 48.5 Å². The Morgan fingerprint density at radius 3 is 2.94 bits per heavy atom. The fourth-order valence-corrected chi connectivity index (χ4v) is 5.72. The molecule has 1 aromatic carbocycles. The molecule has 1 aliphatic rings. The second-order valence-corrected chi connectivity index (χ2v) is 10.1. The van der Waals surface area contributed by atoms with E-state index in [1.807, 2.05) is 24.3 Å². The number of benzene rings is 1. The van der Waals surface area contributed by atoms with Crippen LogP contribution < -0.4 is 4.74 Å². The number of pyridine rings is 1. The molecule has 3 atom stereocenters. The third-order valence-corrected chi connectivity index (χ3v) is 7.76. The number of fused-ring (bicyclic) bond motifs is 1. The highest BCUT2D eigenvalue weighted by atomic mass is 32.2. The fourth-order valence-electron chi connectivity index (χ4n) is 5.02. The molecule has 0 radical (unpaired) electrons. The monoisotopic (exact) mass is 499 g/mol. The number of aliphatic hydroxyl groups is 1. The van der Waals surface area contributed by atoms with Gasteiger partial charge in [0.25, 0.3) is 5.22 Å². The van der Waals surface area contributed by atoms with Gasteiger partial charge in [0, 0.05) is 30.3 Å². The minimum Gasteiger partial charge on any atom is -0.497 e. The Hall–Kier alpha value is -2.62. The zero-order valence-corrected chi connectivity index (χ0v) is 20.8. The van der Waals surface area contributed by atoms with Crippen molar-refractivity contribution in [3.63, 3.8) is 0 Å². The Balaban J connectivity index is 1.32. The number of methoxy groups -OCH3 is 1. The van der Waals surface area contributed by atoms with Crippen molar-refractivity contribution < 1.29 is 24.2 Å². The number of aliphatic hydroxyl groups excluding tert-OH is 1. The number of hydrogen-bond acceptors (Lipinski definition) is 8. The molecule has 3 aromatic rings. The molecule has 2 N–H and O–H groups in total. The van der Waals surface area contributed by atoms with Crippen molar-refractivity contribution in [2.24, 2.45) is 11.8 Å². The number of carboxylic acid groups (broad SMARTS) is 1. The second-order valence-electron chi connectivity index (χ2n) is 9.08. The zero-order valence-electron chi connectivity index (χ0n) is 20.0. The predicted octanol–water partition coefficient (Wildman–Crippen LogP) is 4.64. The molecule has 1 fully saturated rings. The number of nitrogens with zero attached hydrogens (tertiary/aromatic N) is 3. The van der Waals surface area contributed by atoms with E-state index >= 15 is 0 Å². The van der Waals surface area contributed by atoms with Crippen LogP contribution in [0.1, 0.15) is 43.8 Å². The molecular formula is C26H33N3O5S. The molecule has 0 amide bonds. The number of aromatic nitrogens is 2. The van der Waals surface area contributed by atoms with Gasteiger partial charge in [-0.05, 0) is 80.4 Å². The topological polar surface area (TPSA) is 109 Å². The fraction of sp³-hybridized carbons (Fsp3) is 0.500. The van der Waals surface area contributed by atoms with Gasteiger partial charge in [-0.3, -0.25) is 9.78 Å². The van der Waals surface area contributed by atoms with Gasteiger partial charge < -0.3 is 24.3 Å². The van der Waals surface area contributed by atoms with E-state index in [9.17, 15) is 15.0 Å². The van der Waals surface area contributed by atoms with Gasteiger partial charge in [0.1, 0.15) is 12.0 Å². The molecule has 0 saturated carbocycles. The van der Waals surface area contributed by atoms with E-state index in [2.05, 4.69) is 14.9 Å². The molecule has 1 saturated heterocycles. The lowest BCUT2D eigenvalue weighted by atomic mass is 9.79. The van der Waals surface area contributed by atoms with Crippen LogP contribution in [-0.4, -0.2) is 63.5 Å². The summed E-state index contributed by atoms with van der Waals surface area (Å²) >= 11 is 1.60. The highest BCUT2D eigenvalue weighted by Crippen LogP contribution is 2.35. The normalized spacial score (nSPS) is 19.6. The Kier molecular flexibility index (Phi) is 9.01. The third kappa shape index (κ3) is 6.96. The number of rotatable bonds is 12. The summed E-state index contributed by atoms with van der Waals surface area (Å²) in [5.41, 5.74) is 1.66. The van der Waals surface area contributed by atoms with Gasteiger partial charge in [-0.2, -0.15) is 0 Å². The van der Waals surface area contributed by atoms with Crippen LogP contribution in [0.4, 0.5) is 0 Å². The number of likely N-dealkylation sites (tertiary alicyclic amines) is 1. The lowest BCUT2D eigenvalue weighted by Crippen LogP contribution is -2.42. The van der Waals surface area contributed by atoms with Crippen molar-refractivity contribution in [2.45, 2.75) is 43.4 Å².